The predicted octanol–water partition coefficient (Wildman–Crippen LogP) is 6.88. The molecule has 2 aliphatic rings. The first-order valence-electron chi connectivity index (χ1n) is 12.5. The van der Waals surface area contributed by atoms with E-state index in [9.17, 15) is 4.79 Å². The molecule has 192 valence electrons. The summed E-state index contributed by atoms with van der Waals surface area (Å²) in [6, 6.07) is 23.5. The summed E-state index contributed by atoms with van der Waals surface area (Å²) in [4.78, 5) is 18.7. The number of nitrogens with zero attached hydrogens (tertiary/aromatic N) is 2. The molecule has 3 aromatic carbocycles. The first kappa shape index (κ1) is 25.5. The second kappa shape index (κ2) is 11.1. The standard InChI is InChI=1S/C31H29N3O3S/c1-20(2)25-14-9-21(3)17-28(25)37-16-15-36-24-12-10-22(11-13-24)18-26-29(32)34-27(23-7-5-4-6-8-23)19-38-31(34)33-30(26)35/h4-14,17-20,32H,15-16H2,1-3H3. The molecule has 0 spiro atoms. The normalized spacial score (nSPS) is 16.0. The third-order valence-corrected chi connectivity index (χ3v) is 7.10. The van der Waals surface area contributed by atoms with Crippen LogP contribution < -0.4 is 9.47 Å². The number of amidine groups is 2. The van der Waals surface area contributed by atoms with Crippen molar-refractivity contribution < 1.29 is 14.3 Å². The van der Waals surface area contributed by atoms with Gasteiger partial charge in [0.05, 0.1) is 11.3 Å². The molecule has 0 fully saturated rings. The Balaban J connectivity index is 1.23. The molecular weight excluding hydrogens is 494 g/mol. The molecule has 3 aromatic rings. The second-order valence-electron chi connectivity index (χ2n) is 9.39. The van der Waals surface area contributed by atoms with Crippen LogP contribution >= 0.6 is 11.8 Å². The summed E-state index contributed by atoms with van der Waals surface area (Å²) in [6.45, 7) is 7.21. The van der Waals surface area contributed by atoms with E-state index in [0.29, 0.717) is 30.0 Å². The molecule has 0 aliphatic carbocycles. The molecule has 0 saturated carbocycles. The van der Waals surface area contributed by atoms with E-state index in [0.717, 1.165) is 28.1 Å². The minimum atomic E-state index is -0.411. The minimum Gasteiger partial charge on any atom is -0.490 e. The highest BCUT2D eigenvalue weighted by Crippen LogP contribution is 2.37. The van der Waals surface area contributed by atoms with Gasteiger partial charge in [0.2, 0.25) is 0 Å². The van der Waals surface area contributed by atoms with Crippen LogP contribution in [0.2, 0.25) is 0 Å². The van der Waals surface area contributed by atoms with E-state index in [1.807, 2.05) is 60.0 Å². The number of nitrogens with one attached hydrogen (secondary N) is 1. The maximum atomic E-state index is 12.7. The summed E-state index contributed by atoms with van der Waals surface area (Å²) in [6.07, 6.45) is 1.70. The van der Waals surface area contributed by atoms with Crippen LogP contribution in [0.4, 0.5) is 0 Å². The van der Waals surface area contributed by atoms with E-state index in [2.05, 4.69) is 44.0 Å². The van der Waals surface area contributed by atoms with Crippen LogP contribution in [0.3, 0.4) is 0 Å². The third kappa shape index (κ3) is 5.43. The molecule has 0 saturated heterocycles. The van der Waals surface area contributed by atoms with E-state index < -0.39 is 5.91 Å². The highest BCUT2D eigenvalue weighted by atomic mass is 32.2. The summed E-state index contributed by atoms with van der Waals surface area (Å²) in [5, 5.41) is 11.2. The van der Waals surface area contributed by atoms with E-state index in [1.54, 1.807) is 11.0 Å². The molecule has 5 rings (SSSR count). The largest absolute Gasteiger partial charge is 0.490 e. The molecule has 0 bridgehead atoms. The van der Waals surface area contributed by atoms with Crippen molar-refractivity contribution in [1.29, 1.82) is 5.41 Å². The highest BCUT2D eigenvalue weighted by Gasteiger charge is 2.36. The molecule has 2 heterocycles. The molecule has 2 aliphatic heterocycles. The van der Waals surface area contributed by atoms with Gasteiger partial charge >= 0.3 is 0 Å². The van der Waals surface area contributed by atoms with Crippen molar-refractivity contribution in [1.82, 2.24) is 4.90 Å². The van der Waals surface area contributed by atoms with Crippen LogP contribution in [0, 0.1) is 12.3 Å². The molecule has 0 atom stereocenters. The number of thioether (sulfide) groups is 1. The predicted molar refractivity (Wildman–Crippen MR) is 155 cm³/mol. The number of aryl methyl sites for hydroxylation is 1. The Morgan fingerprint density at radius 1 is 1.00 bits per heavy atom. The maximum absolute atomic E-state index is 12.7. The van der Waals surface area contributed by atoms with E-state index >= 15 is 0 Å². The number of fused-ring (bicyclic) bond motifs is 1. The van der Waals surface area contributed by atoms with Gasteiger partial charge in [-0.05, 0) is 59.4 Å². The quantitative estimate of drug-likeness (QED) is 0.257. The van der Waals surface area contributed by atoms with E-state index in [-0.39, 0.29) is 11.4 Å². The highest BCUT2D eigenvalue weighted by molar-refractivity contribution is 8.17. The van der Waals surface area contributed by atoms with Gasteiger partial charge < -0.3 is 9.47 Å². The molecular formula is C31H29N3O3S. The van der Waals surface area contributed by atoms with Gasteiger partial charge in [-0.2, -0.15) is 4.99 Å². The van der Waals surface area contributed by atoms with Crippen molar-refractivity contribution in [2.24, 2.45) is 4.99 Å². The number of amides is 1. The van der Waals surface area contributed by atoms with Crippen LogP contribution in [0.15, 0.2) is 88.8 Å². The second-order valence-corrected chi connectivity index (χ2v) is 10.2. The lowest BCUT2D eigenvalue weighted by molar-refractivity contribution is -0.114. The van der Waals surface area contributed by atoms with Crippen LogP contribution in [-0.2, 0) is 4.79 Å². The average molecular weight is 524 g/mol. The molecule has 0 radical (unpaired) electrons. The van der Waals surface area contributed by atoms with Gasteiger partial charge in [0, 0.05) is 5.41 Å². The fraction of sp³-hybridized carbons (Fsp3) is 0.194. The Morgan fingerprint density at radius 2 is 1.74 bits per heavy atom. The first-order chi connectivity index (χ1) is 18.4. The number of carbonyl (C=O) groups is 1. The van der Waals surface area contributed by atoms with Gasteiger partial charge in [0.15, 0.2) is 5.17 Å². The van der Waals surface area contributed by atoms with Crippen LogP contribution in [0.5, 0.6) is 11.5 Å². The summed E-state index contributed by atoms with van der Waals surface area (Å²) in [5.74, 6) is 1.70. The average Bonchev–Trinajstić information content (AvgIpc) is 3.34. The van der Waals surface area contributed by atoms with Crippen molar-refractivity contribution in [3.05, 3.63) is 106 Å². The SMILES string of the molecule is Cc1ccc(C(C)C)c(OCCOc2ccc(C=C3C(=N)N4C(c5ccccc5)=CSC4=NC3=O)cc2)c1. The summed E-state index contributed by atoms with van der Waals surface area (Å²) in [5.41, 5.74) is 5.20. The van der Waals surface area contributed by atoms with Crippen LogP contribution in [-0.4, -0.2) is 35.0 Å². The number of ether oxygens (including phenoxy) is 2. The van der Waals surface area contributed by atoms with Gasteiger partial charge in [-0.3, -0.25) is 15.1 Å². The molecule has 1 amide bonds. The monoisotopic (exact) mass is 523 g/mol. The summed E-state index contributed by atoms with van der Waals surface area (Å²) >= 11 is 1.36. The van der Waals surface area contributed by atoms with Gasteiger partial charge in [-0.15, -0.1) is 0 Å². The molecule has 7 heteroatoms. The van der Waals surface area contributed by atoms with E-state index in [1.165, 1.54) is 17.3 Å². The molecule has 0 aromatic heterocycles. The lowest BCUT2D eigenvalue weighted by Crippen LogP contribution is -2.38. The molecule has 0 unspecified atom stereocenters. The van der Waals surface area contributed by atoms with Crippen molar-refractivity contribution in [3.63, 3.8) is 0 Å². The number of carbonyl (C=O) groups excluding carboxylic acids is 1. The minimum absolute atomic E-state index is 0.120. The number of benzene rings is 3. The Labute approximate surface area is 227 Å². The summed E-state index contributed by atoms with van der Waals surface area (Å²) < 4.78 is 11.9. The number of aliphatic imine (C=N–C) groups is 1. The first-order valence-corrected chi connectivity index (χ1v) is 13.4. The fourth-order valence-corrected chi connectivity index (χ4v) is 5.19. The van der Waals surface area contributed by atoms with E-state index in [4.69, 9.17) is 14.9 Å². The van der Waals surface area contributed by atoms with Gasteiger partial charge in [0.25, 0.3) is 5.91 Å². The van der Waals surface area contributed by atoms with Crippen molar-refractivity contribution in [3.8, 4) is 11.5 Å². The number of hydrogen-bond donors (Lipinski definition) is 1. The zero-order valence-corrected chi connectivity index (χ0v) is 22.4. The Kier molecular flexibility index (Phi) is 7.47. The molecule has 38 heavy (non-hydrogen) atoms. The zero-order valence-electron chi connectivity index (χ0n) is 21.6. The Hall–Kier alpha value is -4.10. The number of rotatable bonds is 8. The third-order valence-electron chi connectivity index (χ3n) is 6.28. The van der Waals surface area contributed by atoms with Gasteiger partial charge in [0.1, 0.15) is 30.5 Å². The summed E-state index contributed by atoms with van der Waals surface area (Å²) in [7, 11) is 0. The van der Waals surface area contributed by atoms with Gasteiger partial charge in [-0.25, -0.2) is 0 Å². The topological polar surface area (TPSA) is 75.0 Å². The lowest BCUT2D eigenvalue weighted by atomic mass is 10.0. The van der Waals surface area contributed by atoms with Crippen molar-refractivity contribution in [2.45, 2.75) is 26.7 Å². The smallest absolute Gasteiger partial charge is 0.283 e. The Morgan fingerprint density at radius 3 is 2.47 bits per heavy atom. The molecule has 1 N–H and O–H groups in total. The molecule has 6 nitrogen and oxygen atoms in total. The van der Waals surface area contributed by atoms with Crippen LogP contribution in [0.25, 0.3) is 11.8 Å². The fourth-order valence-electron chi connectivity index (χ4n) is 4.30. The zero-order chi connectivity index (χ0) is 26.6. The Bertz CT molecular complexity index is 1460. The lowest BCUT2D eigenvalue weighted by Gasteiger charge is -2.26. The number of hydrogen-bond acceptors (Lipinski definition) is 5. The van der Waals surface area contributed by atoms with Crippen molar-refractivity contribution in [2.75, 3.05) is 13.2 Å². The van der Waals surface area contributed by atoms with Crippen molar-refractivity contribution >= 4 is 40.4 Å². The van der Waals surface area contributed by atoms with Crippen LogP contribution in [0.1, 0.15) is 42.0 Å². The van der Waals surface area contributed by atoms with Gasteiger partial charge in [-0.1, -0.05) is 80.2 Å². The maximum Gasteiger partial charge on any atom is 0.283 e.